The molecule has 0 bridgehead atoms. The lowest BCUT2D eigenvalue weighted by atomic mass is 10.1. The average molecular weight is 300 g/mol. The first-order chi connectivity index (χ1) is 9.28. The van der Waals surface area contributed by atoms with Gasteiger partial charge in [0, 0.05) is 18.5 Å². The molecule has 7 nitrogen and oxygen atoms in total. The summed E-state index contributed by atoms with van der Waals surface area (Å²) in [5.41, 5.74) is 0.729. The van der Waals surface area contributed by atoms with E-state index in [-0.39, 0.29) is 24.6 Å². The van der Waals surface area contributed by atoms with E-state index in [1.165, 1.54) is 6.07 Å². The van der Waals surface area contributed by atoms with E-state index in [1.54, 1.807) is 18.2 Å². The molecule has 0 unspecified atom stereocenters. The van der Waals surface area contributed by atoms with Crippen molar-refractivity contribution < 1.29 is 23.1 Å². The number of nitrogens with one attached hydrogen (secondary N) is 1. The van der Waals surface area contributed by atoms with E-state index in [9.17, 15) is 18.0 Å². The van der Waals surface area contributed by atoms with E-state index in [4.69, 9.17) is 10.2 Å². The van der Waals surface area contributed by atoms with E-state index in [2.05, 4.69) is 5.32 Å². The van der Waals surface area contributed by atoms with Crippen LogP contribution in [0.5, 0.6) is 0 Å². The van der Waals surface area contributed by atoms with Crippen molar-refractivity contribution in [1.82, 2.24) is 5.32 Å². The highest BCUT2D eigenvalue weighted by molar-refractivity contribution is 7.88. The van der Waals surface area contributed by atoms with Gasteiger partial charge in [-0.05, 0) is 24.1 Å². The maximum atomic E-state index is 11.8. The summed E-state index contributed by atoms with van der Waals surface area (Å²) in [7, 11) is -3.65. The fourth-order valence-corrected chi connectivity index (χ4v) is 2.22. The number of rotatable bonds is 7. The van der Waals surface area contributed by atoms with E-state index in [0.717, 1.165) is 0 Å². The summed E-state index contributed by atoms with van der Waals surface area (Å²) in [6.07, 6.45) is 0.309. The van der Waals surface area contributed by atoms with Crippen molar-refractivity contribution in [3.05, 3.63) is 35.4 Å². The molecule has 4 N–H and O–H groups in total. The molecule has 0 aliphatic carbocycles. The van der Waals surface area contributed by atoms with Gasteiger partial charge >= 0.3 is 5.97 Å². The Kier molecular flexibility index (Phi) is 5.66. The maximum Gasteiger partial charge on any atom is 0.303 e. The van der Waals surface area contributed by atoms with Crippen LogP contribution >= 0.6 is 0 Å². The van der Waals surface area contributed by atoms with Crippen LogP contribution in [0.25, 0.3) is 0 Å². The van der Waals surface area contributed by atoms with E-state index in [0.29, 0.717) is 17.5 Å². The number of nitrogens with two attached hydrogens (primary N) is 1. The topological polar surface area (TPSA) is 127 Å². The highest BCUT2D eigenvalue weighted by atomic mass is 32.2. The molecule has 1 amide bonds. The molecular weight excluding hydrogens is 284 g/mol. The lowest BCUT2D eigenvalue weighted by Crippen LogP contribution is -2.25. The molecule has 20 heavy (non-hydrogen) atoms. The fraction of sp³-hybridized carbons (Fsp3) is 0.333. The van der Waals surface area contributed by atoms with Crippen molar-refractivity contribution in [1.29, 1.82) is 0 Å². The Hall–Kier alpha value is -1.93. The van der Waals surface area contributed by atoms with Crippen LogP contribution < -0.4 is 10.5 Å². The van der Waals surface area contributed by atoms with Gasteiger partial charge in [0.05, 0.1) is 5.75 Å². The number of sulfonamides is 1. The molecule has 0 atom stereocenters. The van der Waals surface area contributed by atoms with Crippen LogP contribution in [0.15, 0.2) is 24.3 Å². The minimum absolute atomic E-state index is 0.0221. The Labute approximate surface area is 116 Å². The summed E-state index contributed by atoms with van der Waals surface area (Å²) >= 11 is 0. The van der Waals surface area contributed by atoms with Gasteiger partial charge < -0.3 is 10.4 Å². The summed E-state index contributed by atoms with van der Waals surface area (Å²) in [6.45, 7) is 0.241. The predicted octanol–water partition coefficient (Wildman–Crippen LogP) is 0.0697. The summed E-state index contributed by atoms with van der Waals surface area (Å²) in [5.74, 6) is -1.64. The third-order valence-corrected chi connectivity index (χ3v) is 3.15. The second-order valence-electron chi connectivity index (χ2n) is 4.26. The normalized spacial score (nSPS) is 11.1. The Morgan fingerprint density at radius 1 is 1.30 bits per heavy atom. The summed E-state index contributed by atoms with van der Waals surface area (Å²) in [6, 6.07) is 6.11. The van der Waals surface area contributed by atoms with Crippen molar-refractivity contribution in [3.63, 3.8) is 0 Å². The number of primary sulfonamides is 1. The second-order valence-corrected chi connectivity index (χ2v) is 5.88. The first-order valence-electron chi connectivity index (χ1n) is 5.87. The van der Waals surface area contributed by atoms with Gasteiger partial charge in [0.1, 0.15) is 0 Å². The first kappa shape index (κ1) is 16.1. The number of hydrogen-bond donors (Lipinski definition) is 3. The number of benzene rings is 1. The van der Waals surface area contributed by atoms with Crippen LogP contribution in [-0.4, -0.2) is 31.9 Å². The molecule has 0 saturated heterocycles. The van der Waals surface area contributed by atoms with Gasteiger partial charge in [-0.15, -0.1) is 0 Å². The van der Waals surface area contributed by atoms with Crippen LogP contribution in [-0.2, 0) is 20.6 Å². The highest BCUT2D eigenvalue weighted by Gasteiger charge is 2.09. The van der Waals surface area contributed by atoms with Gasteiger partial charge in [-0.25, -0.2) is 13.6 Å². The van der Waals surface area contributed by atoms with Crippen molar-refractivity contribution in [2.24, 2.45) is 5.14 Å². The number of carboxylic acid groups (broad SMARTS) is 1. The Morgan fingerprint density at radius 2 is 2.00 bits per heavy atom. The van der Waals surface area contributed by atoms with Crippen molar-refractivity contribution in [2.45, 2.75) is 18.6 Å². The zero-order valence-corrected chi connectivity index (χ0v) is 11.5. The zero-order valence-electron chi connectivity index (χ0n) is 10.7. The van der Waals surface area contributed by atoms with Gasteiger partial charge in [0.15, 0.2) is 0 Å². The third kappa shape index (κ3) is 6.30. The number of aliphatic carboxylic acids is 1. The largest absolute Gasteiger partial charge is 0.481 e. The smallest absolute Gasteiger partial charge is 0.303 e. The monoisotopic (exact) mass is 300 g/mol. The molecular formula is C12H16N2O5S. The lowest BCUT2D eigenvalue weighted by Gasteiger charge is -2.06. The molecule has 0 fully saturated rings. The molecule has 0 spiro atoms. The summed E-state index contributed by atoms with van der Waals surface area (Å²) in [4.78, 5) is 22.1. The van der Waals surface area contributed by atoms with E-state index in [1.807, 2.05) is 0 Å². The minimum Gasteiger partial charge on any atom is -0.481 e. The van der Waals surface area contributed by atoms with Crippen LogP contribution in [0.1, 0.15) is 28.8 Å². The Bertz CT molecular complexity index is 598. The standard InChI is InChI=1S/C12H16N2O5S/c13-20(18,19)8-9-3-1-4-10(7-9)12(17)14-6-2-5-11(15)16/h1,3-4,7H,2,5-6,8H2,(H,14,17)(H,15,16)(H2,13,18,19). The van der Waals surface area contributed by atoms with Gasteiger partial charge in [0.2, 0.25) is 10.0 Å². The van der Waals surface area contributed by atoms with E-state index >= 15 is 0 Å². The second kappa shape index (κ2) is 7.01. The van der Waals surface area contributed by atoms with Gasteiger partial charge in [-0.2, -0.15) is 0 Å². The molecule has 0 aliphatic heterocycles. The molecule has 1 rings (SSSR count). The number of carboxylic acids is 1. The third-order valence-electron chi connectivity index (χ3n) is 2.41. The molecule has 0 aliphatic rings. The molecule has 0 aromatic heterocycles. The predicted molar refractivity (Wildman–Crippen MR) is 72.5 cm³/mol. The molecule has 0 saturated carbocycles. The van der Waals surface area contributed by atoms with Gasteiger partial charge in [-0.3, -0.25) is 9.59 Å². The average Bonchev–Trinajstić information content (AvgIpc) is 2.32. The molecule has 0 heterocycles. The molecule has 8 heteroatoms. The summed E-state index contributed by atoms with van der Waals surface area (Å²) < 4.78 is 22.0. The lowest BCUT2D eigenvalue weighted by molar-refractivity contribution is -0.137. The molecule has 1 aromatic rings. The van der Waals surface area contributed by atoms with Crippen molar-refractivity contribution in [3.8, 4) is 0 Å². The van der Waals surface area contributed by atoms with E-state index < -0.39 is 16.0 Å². The zero-order chi connectivity index (χ0) is 15.2. The Balaban J connectivity index is 2.60. The van der Waals surface area contributed by atoms with Gasteiger partial charge in [-0.1, -0.05) is 12.1 Å². The van der Waals surface area contributed by atoms with Crippen LogP contribution in [0.4, 0.5) is 0 Å². The van der Waals surface area contributed by atoms with Crippen LogP contribution in [0.3, 0.4) is 0 Å². The van der Waals surface area contributed by atoms with Gasteiger partial charge in [0.25, 0.3) is 5.91 Å². The summed E-state index contributed by atoms with van der Waals surface area (Å²) in [5, 5.41) is 16.0. The quantitative estimate of drug-likeness (QED) is 0.614. The molecule has 0 radical (unpaired) electrons. The number of carbonyl (C=O) groups excluding carboxylic acids is 1. The number of amides is 1. The van der Waals surface area contributed by atoms with Crippen molar-refractivity contribution >= 4 is 21.9 Å². The Morgan fingerprint density at radius 3 is 2.60 bits per heavy atom. The fourth-order valence-electron chi connectivity index (χ4n) is 1.58. The molecule has 1 aromatic carbocycles. The van der Waals surface area contributed by atoms with Crippen LogP contribution in [0, 0.1) is 0 Å². The van der Waals surface area contributed by atoms with Crippen LogP contribution in [0.2, 0.25) is 0 Å². The number of carbonyl (C=O) groups is 2. The maximum absolute atomic E-state index is 11.8. The van der Waals surface area contributed by atoms with Crippen molar-refractivity contribution in [2.75, 3.05) is 6.54 Å². The minimum atomic E-state index is -3.65. The number of hydrogen-bond acceptors (Lipinski definition) is 4. The highest BCUT2D eigenvalue weighted by Crippen LogP contribution is 2.08. The first-order valence-corrected chi connectivity index (χ1v) is 7.59. The molecule has 110 valence electrons. The SMILES string of the molecule is NS(=O)(=O)Cc1cccc(C(=O)NCCCC(=O)O)c1.